The number of nitrogens with two attached hydrogens (primary N) is 3. The first kappa shape index (κ1) is 32.1. The van der Waals surface area contributed by atoms with Crippen molar-refractivity contribution in [2.75, 3.05) is 6.54 Å². The number of guanidine groups is 1. The molecule has 0 fully saturated rings. The van der Waals surface area contributed by atoms with Crippen LogP contribution in [0.1, 0.15) is 67.2 Å². The van der Waals surface area contributed by atoms with E-state index in [2.05, 4.69) is 20.9 Å². The van der Waals surface area contributed by atoms with Crippen LogP contribution in [0.5, 0.6) is 0 Å². The number of carbonyl (C=O) groups excluding carboxylic acids is 3. The number of rotatable bonds is 16. The Morgan fingerprint density at radius 1 is 0.829 bits per heavy atom. The molecule has 0 aromatic heterocycles. The van der Waals surface area contributed by atoms with E-state index in [4.69, 9.17) is 17.2 Å². The molecule has 0 aliphatic carbocycles. The SMILES string of the molecule is CCC(C)C(N)C(=O)NC(C(=O)NC(CCCN=C(N)N)C(=O)NC(C(=O)O)C(C)CC)C(C)C. The van der Waals surface area contributed by atoms with Gasteiger partial charge in [0.1, 0.15) is 18.1 Å². The van der Waals surface area contributed by atoms with Gasteiger partial charge in [-0.15, -0.1) is 0 Å². The van der Waals surface area contributed by atoms with Crippen molar-refractivity contribution in [2.24, 2.45) is 39.9 Å². The Morgan fingerprint density at radius 3 is 1.83 bits per heavy atom. The molecule has 0 rings (SSSR count). The Kier molecular flexibility index (Phi) is 14.6. The summed E-state index contributed by atoms with van der Waals surface area (Å²) in [5.74, 6) is -3.61. The van der Waals surface area contributed by atoms with Crippen LogP contribution in [0.2, 0.25) is 0 Å². The monoisotopic (exact) mass is 499 g/mol. The molecule has 3 amide bonds. The molecule has 0 aromatic rings. The van der Waals surface area contributed by atoms with Gasteiger partial charge in [0.05, 0.1) is 6.04 Å². The second kappa shape index (κ2) is 15.9. The molecule has 0 heterocycles. The van der Waals surface area contributed by atoms with E-state index in [1.165, 1.54) is 0 Å². The van der Waals surface area contributed by atoms with Gasteiger partial charge in [0.2, 0.25) is 17.7 Å². The Labute approximate surface area is 208 Å². The number of nitrogens with zero attached hydrogens (tertiary/aromatic N) is 1. The van der Waals surface area contributed by atoms with Crippen LogP contribution in [0.25, 0.3) is 0 Å². The molecule has 0 bridgehead atoms. The smallest absolute Gasteiger partial charge is 0.326 e. The molecule has 0 saturated carbocycles. The number of aliphatic carboxylic acids is 1. The highest BCUT2D eigenvalue weighted by Crippen LogP contribution is 2.11. The summed E-state index contributed by atoms with van der Waals surface area (Å²) in [4.78, 5) is 54.3. The lowest BCUT2D eigenvalue weighted by Crippen LogP contribution is -2.59. The fourth-order valence-electron chi connectivity index (χ4n) is 3.27. The van der Waals surface area contributed by atoms with Gasteiger partial charge in [-0.25, -0.2) is 4.79 Å². The Morgan fingerprint density at radius 2 is 1.37 bits per heavy atom. The maximum atomic E-state index is 13.1. The highest BCUT2D eigenvalue weighted by molar-refractivity contribution is 5.94. The van der Waals surface area contributed by atoms with Crippen molar-refractivity contribution in [1.82, 2.24) is 16.0 Å². The summed E-state index contributed by atoms with van der Waals surface area (Å²) in [6.45, 7) is 11.1. The largest absolute Gasteiger partial charge is 0.480 e. The van der Waals surface area contributed by atoms with Crippen molar-refractivity contribution in [2.45, 2.75) is 91.4 Å². The third kappa shape index (κ3) is 11.4. The molecule has 0 aliphatic heterocycles. The van der Waals surface area contributed by atoms with Gasteiger partial charge < -0.3 is 38.3 Å². The number of carboxylic acid groups (broad SMARTS) is 1. The molecule has 0 radical (unpaired) electrons. The average molecular weight is 500 g/mol. The van der Waals surface area contributed by atoms with Crippen LogP contribution in [-0.2, 0) is 19.2 Å². The zero-order chi connectivity index (χ0) is 27.3. The predicted octanol–water partition coefficient (Wildman–Crippen LogP) is -0.345. The standard InChI is InChI=1S/C23H45N7O5/c1-7-13(5)16(24)20(32)29-17(12(3)4)21(33)28-15(10-9-11-27-23(25)26)19(31)30-18(22(34)35)14(6)8-2/h12-18H,7-11,24H2,1-6H3,(H,28,33)(H,29,32)(H,30,31)(H,34,35)(H4,25,26,27). The molecule has 0 saturated heterocycles. The zero-order valence-corrected chi connectivity index (χ0v) is 21.8. The molecule has 12 heteroatoms. The summed E-state index contributed by atoms with van der Waals surface area (Å²) in [6.07, 6.45) is 1.75. The minimum absolute atomic E-state index is 0.0755. The van der Waals surface area contributed by atoms with E-state index < -0.39 is 47.9 Å². The van der Waals surface area contributed by atoms with Crippen LogP contribution < -0.4 is 33.2 Å². The lowest BCUT2D eigenvalue weighted by molar-refractivity contribution is -0.144. The lowest BCUT2D eigenvalue weighted by atomic mass is 9.97. The minimum atomic E-state index is -1.16. The number of amides is 3. The summed E-state index contributed by atoms with van der Waals surface area (Å²) >= 11 is 0. The van der Waals surface area contributed by atoms with E-state index in [-0.39, 0.29) is 36.7 Å². The molecular formula is C23H45N7O5. The zero-order valence-electron chi connectivity index (χ0n) is 21.8. The second-order valence-corrected chi connectivity index (χ2v) is 9.36. The van der Waals surface area contributed by atoms with Gasteiger partial charge in [0.15, 0.2) is 5.96 Å². The fourth-order valence-corrected chi connectivity index (χ4v) is 3.27. The van der Waals surface area contributed by atoms with E-state index in [1.807, 2.05) is 20.8 Å². The van der Waals surface area contributed by atoms with Gasteiger partial charge in [-0.2, -0.15) is 0 Å². The number of nitrogens with one attached hydrogen (secondary N) is 3. The van der Waals surface area contributed by atoms with Crippen LogP contribution in [-0.4, -0.2) is 65.5 Å². The molecule has 0 aromatic carbocycles. The van der Waals surface area contributed by atoms with Crippen molar-refractivity contribution in [1.29, 1.82) is 0 Å². The van der Waals surface area contributed by atoms with E-state index in [9.17, 15) is 24.3 Å². The molecule has 10 N–H and O–H groups in total. The molecule has 202 valence electrons. The topological polar surface area (TPSA) is 215 Å². The first-order valence-corrected chi connectivity index (χ1v) is 12.2. The Bertz CT molecular complexity index is 740. The molecular weight excluding hydrogens is 454 g/mol. The number of aliphatic imine (C=N–C) groups is 1. The molecule has 0 aliphatic rings. The van der Waals surface area contributed by atoms with Crippen LogP contribution >= 0.6 is 0 Å². The lowest BCUT2D eigenvalue weighted by Gasteiger charge is -2.28. The van der Waals surface area contributed by atoms with E-state index in [1.54, 1.807) is 20.8 Å². The van der Waals surface area contributed by atoms with Gasteiger partial charge in [0.25, 0.3) is 0 Å². The van der Waals surface area contributed by atoms with Crippen LogP contribution in [0.15, 0.2) is 4.99 Å². The normalized spacial score (nSPS) is 16.2. The van der Waals surface area contributed by atoms with Crippen molar-refractivity contribution in [3.8, 4) is 0 Å². The molecule has 6 atom stereocenters. The third-order valence-corrected chi connectivity index (χ3v) is 6.16. The van der Waals surface area contributed by atoms with Gasteiger partial charge in [-0.3, -0.25) is 19.4 Å². The molecule has 12 nitrogen and oxygen atoms in total. The fraction of sp³-hybridized carbons (Fsp3) is 0.783. The summed E-state index contributed by atoms with van der Waals surface area (Å²) in [5.41, 5.74) is 16.7. The van der Waals surface area contributed by atoms with Gasteiger partial charge in [-0.1, -0.05) is 54.4 Å². The first-order chi connectivity index (χ1) is 16.3. The summed E-state index contributed by atoms with van der Waals surface area (Å²) in [7, 11) is 0. The van der Waals surface area contributed by atoms with Crippen molar-refractivity contribution < 1.29 is 24.3 Å². The van der Waals surface area contributed by atoms with Crippen LogP contribution in [0.4, 0.5) is 0 Å². The van der Waals surface area contributed by atoms with Gasteiger partial charge >= 0.3 is 5.97 Å². The van der Waals surface area contributed by atoms with E-state index in [0.29, 0.717) is 19.3 Å². The number of carbonyl (C=O) groups is 4. The molecule has 35 heavy (non-hydrogen) atoms. The first-order valence-electron chi connectivity index (χ1n) is 12.2. The second-order valence-electron chi connectivity index (χ2n) is 9.36. The Hall–Kier alpha value is -2.89. The highest BCUT2D eigenvalue weighted by Gasteiger charge is 2.33. The third-order valence-electron chi connectivity index (χ3n) is 6.16. The predicted molar refractivity (Wildman–Crippen MR) is 135 cm³/mol. The summed E-state index contributed by atoms with van der Waals surface area (Å²) in [6, 6.07) is -3.88. The highest BCUT2D eigenvalue weighted by atomic mass is 16.4. The van der Waals surface area contributed by atoms with Gasteiger partial charge in [-0.05, 0) is 30.6 Å². The van der Waals surface area contributed by atoms with Crippen molar-refractivity contribution in [3.63, 3.8) is 0 Å². The summed E-state index contributed by atoms with van der Waals surface area (Å²) < 4.78 is 0. The summed E-state index contributed by atoms with van der Waals surface area (Å²) in [5, 5.41) is 17.4. The van der Waals surface area contributed by atoms with Crippen molar-refractivity contribution >= 4 is 29.7 Å². The number of carboxylic acids is 1. The number of hydrogen-bond acceptors (Lipinski definition) is 6. The van der Waals surface area contributed by atoms with Crippen molar-refractivity contribution in [3.05, 3.63) is 0 Å². The van der Waals surface area contributed by atoms with Gasteiger partial charge in [0, 0.05) is 6.54 Å². The van der Waals surface area contributed by atoms with Crippen LogP contribution in [0, 0.1) is 17.8 Å². The maximum Gasteiger partial charge on any atom is 0.326 e. The number of hydrogen-bond donors (Lipinski definition) is 7. The average Bonchev–Trinajstić information content (AvgIpc) is 2.79. The van der Waals surface area contributed by atoms with Crippen LogP contribution in [0.3, 0.4) is 0 Å². The minimum Gasteiger partial charge on any atom is -0.480 e. The molecule has 0 spiro atoms. The molecule has 6 unspecified atom stereocenters. The quantitative estimate of drug-likeness (QED) is 0.0844. The maximum absolute atomic E-state index is 13.1. The van der Waals surface area contributed by atoms with E-state index in [0.717, 1.165) is 0 Å². The van der Waals surface area contributed by atoms with E-state index >= 15 is 0 Å². The Balaban J connectivity index is 5.64.